The third kappa shape index (κ3) is 3.47. The fourth-order valence-electron chi connectivity index (χ4n) is 0.825. The molecule has 7 heteroatoms. The van der Waals surface area contributed by atoms with Crippen LogP contribution < -0.4 is 5.32 Å². The van der Waals surface area contributed by atoms with Crippen molar-refractivity contribution >= 4 is 11.6 Å². The molecule has 0 amide bonds. The van der Waals surface area contributed by atoms with Gasteiger partial charge < -0.3 is 10.1 Å². The average Bonchev–Trinajstić information content (AvgIpc) is 2.26. The van der Waals surface area contributed by atoms with Crippen LogP contribution in [0.2, 0.25) is 0 Å². The zero-order valence-corrected chi connectivity index (χ0v) is 8.51. The summed E-state index contributed by atoms with van der Waals surface area (Å²) < 4.78 is 5.01. The molecule has 1 atom stereocenters. The van der Waals surface area contributed by atoms with Gasteiger partial charge in [-0.05, 0) is 6.92 Å². The topological polar surface area (TPSA) is 90.2 Å². The Kier molecular flexibility index (Phi) is 3.92. The van der Waals surface area contributed by atoms with Crippen LogP contribution in [-0.4, -0.2) is 34.6 Å². The van der Waals surface area contributed by atoms with Gasteiger partial charge in [0.1, 0.15) is 12.4 Å². The first-order valence-electron chi connectivity index (χ1n) is 4.36. The molecule has 0 aliphatic carbocycles. The molecule has 0 aromatic carbocycles. The molecule has 82 valence electrons. The van der Waals surface area contributed by atoms with Crippen LogP contribution in [0.4, 0.5) is 11.6 Å². The predicted octanol–water partition coefficient (Wildman–Crippen LogP) is 0.832. The summed E-state index contributed by atoms with van der Waals surface area (Å²) in [6.07, 6.45) is 2.35. The van der Waals surface area contributed by atoms with Crippen molar-refractivity contribution in [2.45, 2.75) is 13.0 Å². The Hall–Kier alpha value is -1.76. The minimum atomic E-state index is -0.540. The number of anilines is 1. The number of hydrogen-bond acceptors (Lipinski definition) is 6. The van der Waals surface area contributed by atoms with E-state index in [0.29, 0.717) is 12.5 Å². The molecule has 0 aliphatic rings. The van der Waals surface area contributed by atoms with E-state index in [4.69, 9.17) is 4.74 Å². The largest absolute Gasteiger partial charge is 0.380 e. The van der Waals surface area contributed by atoms with Gasteiger partial charge in [0, 0.05) is 13.7 Å². The summed E-state index contributed by atoms with van der Waals surface area (Å²) in [7, 11) is 1.60. The van der Waals surface area contributed by atoms with Crippen molar-refractivity contribution in [2.24, 2.45) is 0 Å². The van der Waals surface area contributed by atoms with Crippen LogP contribution in [-0.2, 0) is 4.74 Å². The predicted molar refractivity (Wildman–Crippen MR) is 53.6 cm³/mol. The number of aromatic nitrogens is 2. The van der Waals surface area contributed by atoms with Gasteiger partial charge in [0.05, 0.1) is 11.0 Å². The summed E-state index contributed by atoms with van der Waals surface area (Å²) in [5, 5.41) is 13.2. The number of methoxy groups -OCH3 is 1. The molecule has 0 radical (unpaired) electrons. The van der Waals surface area contributed by atoms with Crippen molar-refractivity contribution in [1.29, 1.82) is 0 Å². The van der Waals surface area contributed by atoms with Crippen molar-refractivity contribution in [3.8, 4) is 0 Å². The van der Waals surface area contributed by atoms with Crippen LogP contribution in [0, 0.1) is 10.1 Å². The van der Waals surface area contributed by atoms with Crippen molar-refractivity contribution in [1.82, 2.24) is 9.97 Å². The Bertz CT molecular complexity index is 327. The zero-order chi connectivity index (χ0) is 11.3. The molecule has 0 saturated heterocycles. The lowest BCUT2D eigenvalue weighted by Gasteiger charge is -2.09. The average molecular weight is 212 g/mol. The first kappa shape index (κ1) is 11.3. The number of nitro groups is 1. The molecule has 0 saturated carbocycles. The quantitative estimate of drug-likeness (QED) is 0.574. The van der Waals surface area contributed by atoms with Gasteiger partial charge in [-0.2, -0.15) is 0 Å². The zero-order valence-electron chi connectivity index (χ0n) is 8.51. The fraction of sp³-hybridized carbons (Fsp3) is 0.500. The van der Waals surface area contributed by atoms with Gasteiger partial charge in [-0.25, -0.2) is 9.97 Å². The minimum Gasteiger partial charge on any atom is -0.380 e. The maximum absolute atomic E-state index is 10.3. The van der Waals surface area contributed by atoms with Gasteiger partial charge in [-0.1, -0.05) is 0 Å². The summed E-state index contributed by atoms with van der Waals surface area (Å²) in [4.78, 5) is 17.3. The highest BCUT2D eigenvalue weighted by Crippen LogP contribution is 2.07. The normalized spacial score (nSPS) is 12.1. The number of rotatable bonds is 5. The van der Waals surface area contributed by atoms with Crippen LogP contribution >= 0.6 is 0 Å². The number of nitrogens with one attached hydrogen (secondary N) is 1. The maximum atomic E-state index is 10.3. The molecular formula is C8H12N4O3. The van der Waals surface area contributed by atoms with Gasteiger partial charge in [0.25, 0.3) is 0 Å². The maximum Gasteiger partial charge on any atom is 0.305 e. The lowest BCUT2D eigenvalue weighted by Crippen LogP contribution is -2.19. The van der Waals surface area contributed by atoms with E-state index in [0.717, 1.165) is 12.4 Å². The van der Waals surface area contributed by atoms with Gasteiger partial charge in [0.15, 0.2) is 0 Å². The Morgan fingerprint density at radius 2 is 2.20 bits per heavy atom. The SMILES string of the molecule is COC(C)CNc1ncc([N+](=O)[O-])cn1. The summed E-state index contributed by atoms with van der Waals surface area (Å²) in [6.45, 7) is 2.44. The molecule has 1 N–H and O–H groups in total. The van der Waals surface area contributed by atoms with Crippen molar-refractivity contribution in [3.05, 3.63) is 22.5 Å². The molecule has 0 fully saturated rings. The van der Waals surface area contributed by atoms with E-state index in [9.17, 15) is 10.1 Å². The molecule has 7 nitrogen and oxygen atoms in total. The first-order chi connectivity index (χ1) is 7.13. The Morgan fingerprint density at radius 3 is 2.67 bits per heavy atom. The van der Waals surface area contributed by atoms with Crippen LogP contribution in [0.15, 0.2) is 12.4 Å². The Labute approximate surface area is 86.6 Å². The highest BCUT2D eigenvalue weighted by Gasteiger charge is 2.06. The summed E-state index contributed by atoms with van der Waals surface area (Å²) in [5.41, 5.74) is -0.125. The Balaban J connectivity index is 2.53. The van der Waals surface area contributed by atoms with Crippen molar-refractivity contribution < 1.29 is 9.66 Å². The van der Waals surface area contributed by atoms with E-state index in [-0.39, 0.29) is 11.8 Å². The molecule has 1 unspecified atom stereocenters. The third-order valence-electron chi connectivity index (χ3n) is 1.80. The van der Waals surface area contributed by atoms with E-state index in [1.54, 1.807) is 7.11 Å². The number of nitrogens with zero attached hydrogens (tertiary/aromatic N) is 3. The van der Waals surface area contributed by atoms with Gasteiger partial charge >= 0.3 is 5.69 Å². The molecule has 0 spiro atoms. The van der Waals surface area contributed by atoms with Gasteiger partial charge in [-0.3, -0.25) is 10.1 Å². The second-order valence-electron chi connectivity index (χ2n) is 2.95. The monoisotopic (exact) mass is 212 g/mol. The van der Waals surface area contributed by atoms with Gasteiger partial charge in [0.2, 0.25) is 5.95 Å². The molecule has 1 aromatic heterocycles. The van der Waals surface area contributed by atoms with E-state index in [1.165, 1.54) is 0 Å². The lowest BCUT2D eigenvalue weighted by molar-refractivity contribution is -0.385. The van der Waals surface area contributed by atoms with Crippen LogP contribution in [0.5, 0.6) is 0 Å². The van der Waals surface area contributed by atoms with Crippen LogP contribution in [0.1, 0.15) is 6.92 Å². The van der Waals surface area contributed by atoms with E-state index in [1.807, 2.05) is 6.92 Å². The highest BCUT2D eigenvalue weighted by atomic mass is 16.6. The van der Waals surface area contributed by atoms with Crippen molar-refractivity contribution in [3.63, 3.8) is 0 Å². The highest BCUT2D eigenvalue weighted by molar-refractivity contribution is 5.30. The molecule has 0 aliphatic heterocycles. The molecular weight excluding hydrogens is 200 g/mol. The Morgan fingerprint density at radius 1 is 1.60 bits per heavy atom. The first-order valence-corrected chi connectivity index (χ1v) is 4.36. The summed E-state index contributed by atoms with van der Waals surface area (Å²) in [6, 6.07) is 0. The van der Waals surface area contributed by atoms with E-state index in [2.05, 4.69) is 15.3 Å². The number of hydrogen-bond donors (Lipinski definition) is 1. The smallest absolute Gasteiger partial charge is 0.305 e. The molecule has 0 bridgehead atoms. The molecule has 15 heavy (non-hydrogen) atoms. The minimum absolute atomic E-state index is 0.0313. The molecule has 1 heterocycles. The fourth-order valence-corrected chi connectivity index (χ4v) is 0.825. The number of ether oxygens (including phenoxy) is 1. The van der Waals surface area contributed by atoms with Crippen molar-refractivity contribution in [2.75, 3.05) is 19.0 Å². The molecule has 1 aromatic rings. The third-order valence-corrected chi connectivity index (χ3v) is 1.80. The molecule has 1 rings (SSSR count). The van der Waals surface area contributed by atoms with Crippen LogP contribution in [0.3, 0.4) is 0 Å². The van der Waals surface area contributed by atoms with Gasteiger partial charge in [-0.15, -0.1) is 0 Å². The lowest BCUT2D eigenvalue weighted by atomic mass is 10.4. The summed E-state index contributed by atoms with van der Waals surface area (Å²) >= 11 is 0. The summed E-state index contributed by atoms with van der Waals surface area (Å²) in [5.74, 6) is 0.351. The van der Waals surface area contributed by atoms with E-state index >= 15 is 0 Å². The van der Waals surface area contributed by atoms with E-state index < -0.39 is 4.92 Å². The van der Waals surface area contributed by atoms with Crippen LogP contribution in [0.25, 0.3) is 0 Å². The second kappa shape index (κ2) is 5.20. The standard InChI is InChI=1S/C8H12N4O3/c1-6(15-2)3-9-8-10-4-7(5-11-8)12(13)14/h4-6H,3H2,1-2H3,(H,9,10,11). The second-order valence-corrected chi connectivity index (χ2v) is 2.95.